The van der Waals surface area contributed by atoms with Gasteiger partial charge in [-0.2, -0.15) is 0 Å². The first-order chi connectivity index (χ1) is 10.3. The number of rotatable bonds is 4. The van der Waals surface area contributed by atoms with E-state index in [1.165, 1.54) is 50.6 Å². The topological polar surface area (TPSA) is 16.6 Å². The average molecular weight is 298 g/mol. The number of hydrogen-bond acceptors (Lipinski definition) is 0. The van der Waals surface area contributed by atoms with Gasteiger partial charge in [0.2, 0.25) is 0 Å². The second kappa shape index (κ2) is 4.60. The third-order valence-electron chi connectivity index (χ3n) is 6.77. The Morgan fingerprint density at radius 1 is 0.773 bits per heavy atom. The number of quaternary nitrogens is 1. The first-order valence-electron chi connectivity index (χ1n) is 9.18. The van der Waals surface area contributed by atoms with Crippen LogP contribution >= 0.6 is 0 Å². The van der Waals surface area contributed by atoms with Crippen LogP contribution in [0.1, 0.15) is 64.9 Å². The molecule has 4 aliphatic carbocycles. The predicted molar refractivity (Wildman–Crippen MR) is 91.4 cm³/mol. The Labute approximate surface area is 135 Å². The largest absolute Gasteiger partial charge is 0.342 e. The smallest absolute Gasteiger partial charge is 0.101 e. The zero-order valence-electron chi connectivity index (χ0n) is 14.6. The van der Waals surface area contributed by atoms with Crippen LogP contribution in [-0.2, 0) is 6.54 Å². The minimum absolute atomic E-state index is 0.613. The highest BCUT2D eigenvalue weighted by molar-refractivity contribution is 5.15. The highest BCUT2D eigenvalue weighted by Crippen LogP contribution is 2.73. The van der Waals surface area contributed by atoms with Crippen molar-refractivity contribution in [2.24, 2.45) is 21.7 Å². The van der Waals surface area contributed by atoms with Crippen molar-refractivity contribution in [3.63, 3.8) is 0 Å². The summed E-state index contributed by atoms with van der Waals surface area (Å²) in [6, 6.07) is 11.0. The van der Waals surface area contributed by atoms with Crippen molar-refractivity contribution in [2.75, 3.05) is 6.54 Å². The molecule has 1 aromatic carbocycles. The van der Waals surface area contributed by atoms with E-state index in [9.17, 15) is 0 Å². The summed E-state index contributed by atoms with van der Waals surface area (Å²) < 4.78 is 0. The maximum atomic E-state index is 2.60. The summed E-state index contributed by atoms with van der Waals surface area (Å²) in [6.45, 7) is 10.3. The van der Waals surface area contributed by atoms with Crippen LogP contribution in [0, 0.1) is 21.7 Å². The number of benzene rings is 1. The van der Waals surface area contributed by atoms with E-state index in [1.807, 2.05) is 0 Å². The first-order valence-corrected chi connectivity index (χ1v) is 9.18. The molecule has 0 amide bonds. The van der Waals surface area contributed by atoms with Crippen molar-refractivity contribution < 1.29 is 5.32 Å². The molecule has 1 aromatic rings. The van der Waals surface area contributed by atoms with E-state index in [0.29, 0.717) is 21.7 Å². The molecule has 0 aromatic heterocycles. The van der Waals surface area contributed by atoms with Crippen LogP contribution in [0.15, 0.2) is 30.3 Å². The Hall–Kier alpha value is -0.820. The Kier molecular flexibility index (Phi) is 3.08. The molecule has 4 bridgehead atoms. The second-order valence-electron chi connectivity index (χ2n) is 10.2. The molecule has 5 rings (SSSR count). The average Bonchev–Trinajstić information content (AvgIpc) is 2.33. The first kappa shape index (κ1) is 14.8. The molecule has 2 N–H and O–H groups in total. The van der Waals surface area contributed by atoms with Crippen LogP contribution in [0.4, 0.5) is 0 Å². The summed E-state index contributed by atoms with van der Waals surface area (Å²) >= 11 is 0. The normalized spacial score (nSPS) is 46.1. The van der Waals surface area contributed by atoms with E-state index in [1.54, 1.807) is 0 Å². The fourth-order valence-corrected chi connectivity index (χ4v) is 7.93. The van der Waals surface area contributed by atoms with Crippen LogP contribution in [-0.4, -0.2) is 6.54 Å². The van der Waals surface area contributed by atoms with Crippen LogP contribution in [0.3, 0.4) is 0 Å². The molecule has 1 nitrogen and oxygen atoms in total. The Morgan fingerprint density at radius 2 is 1.27 bits per heavy atom. The van der Waals surface area contributed by atoms with Gasteiger partial charge < -0.3 is 5.32 Å². The minimum atomic E-state index is 0.613. The van der Waals surface area contributed by atoms with Gasteiger partial charge in [-0.25, -0.2) is 0 Å². The van der Waals surface area contributed by atoms with Crippen LogP contribution in [0.2, 0.25) is 0 Å². The molecular weight excluding hydrogens is 266 g/mol. The molecule has 0 unspecified atom stereocenters. The van der Waals surface area contributed by atoms with Crippen molar-refractivity contribution in [3.05, 3.63) is 35.9 Å². The Morgan fingerprint density at radius 3 is 1.77 bits per heavy atom. The van der Waals surface area contributed by atoms with Gasteiger partial charge >= 0.3 is 0 Å². The lowest BCUT2D eigenvalue weighted by atomic mass is 9.36. The summed E-state index contributed by atoms with van der Waals surface area (Å²) in [4.78, 5) is 0. The minimum Gasteiger partial charge on any atom is -0.342 e. The molecule has 4 fully saturated rings. The van der Waals surface area contributed by atoms with Gasteiger partial charge in [0, 0.05) is 11.0 Å². The van der Waals surface area contributed by atoms with Crippen molar-refractivity contribution in [1.29, 1.82) is 0 Å². The molecule has 0 radical (unpaired) electrons. The summed E-state index contributed by atoms with van der Waals surface area (Å²) in [6.07, 6.45) is 8.89. The van der Waals surface area contributed by atoms with Gasteiger partial charge in [-0.3, -0.25) is 0 Å². The molecule has 0 atom stereocenters. The third-order valence-corrected chi connectivity index (χ3v) is 6.77. The van der Waals surface area contributed by atoms with Gasteiger partial charge in [0.25, 0.3) is 0 Å². The highest BCUT2D eigenvalue weighted by Gasteiger charge is 2.64. The van der Waals surface area contributed by atoms with Crippen LogP contribution in [0.5, 0.6) is 0 Å². The van der Waals surface area contributed by atoms with E-state index in [4.69, 9.17) is 0 Å². The molecule has 0 heterocycles. The molecule has 0 aliphatic heterocycles. The quantitative estimate of drug-likeness (QED) is 0.860. The molecule has 1 heteroatoms. The zero-order chi connectivity index (χ0) is 15.5. The van der Waals surface area contributed by atoms with Gasteiger partial charge in [-0.15, -0.1) is 0 Å². The summed E-state index contributed by atoms with van der Waals surface area (Å²) in [5.74, 6) is 0. The van der Waals surface area contributed by atoms with E-state index in [2.05, 4.69) is 56.4 Å². The molecule has 4 saturated carbocycles. The monoisotopic (exact) mass is 298 g/mol. The number of hydrogen-bond donors (Lipinski definition) is 1. The Bertz CT molecular complexity index is 507. The standard InChI is InChI=1S/C21H31N/c1-18-10-19(2)12-20(3,11-18)15-21(13-18,14-19)16-22-9-17-7-5-4-6-8-17/h4-8,22H,9-16H2,1-3H3/p+1. The van der Waals surface area contributed by atoms with Gasteiger partial charge in [-0.05, 0) is 54.8 Å². The SMILES string of the molecule is CC12CC3(C)CC(C)(C1)CC(C[NH2+]Cc1ccccc1)(C2)C3. The molecule has 22 heavy (non-hydrogen) atoms. The van der Waals surface area contributed by atoms with Gasteiger partial charge in [-0.1, -0.05) is 51.1 Å². The van der Waals surface area contributed by atoms with Crippen molar-refractivity contribution in [1.82, 2.24) is 0 Å². The summed E-state index contributed by atoms with van der Waals surface area (Å²) in [5, 5.41) is 2.60. The molecule has 120 valence electrons. The molecule has 0 saturated heterocycles. The molecule has 0 spiro atoms. The van der Waals surface area contributed by atoms with E-state index < -0.39 is 0 Å². The lowest BCUT2D eigenvalue weighted by molar-refractivity contribution is -0.685. The van der Waals surface area contributed by atoms with Crippen LogP contribution in [0.25, 0.3) is 0 Å². The summed E-state index contributed by atoms with van der Waals surface area (Å²) in [5.41, 5.74) is 3.95. The lowest BCUT2D eigenvalue weighted by Crippen LogP contribution is -2.87. The summed E-state index contributed by atoms with van der Waals surface area (Å²) in [7, 11) is 0. The lowest BCUT2D eigenvalue weighted by Gasteiger charge is -2.68. The van der Waals surface area contributed by atoms with Crippen molar-refractivity contribution >= 4 is 0 Å². The predicted octanol–water partition coefficient (Wildman–Crippen LogP) is 4.14. The van der Waals surface area contributed by atoms with E-state index in [0.717, 1.165) is 6.54 Å². The third kappa shape index (κ3) is 2.52. The van der Waals surface area contributed by atoms with E-state index >= 15 is 0 Å². The molecule has 4 aliphatic rings. The zero-order valence-corrected chi connectivity index (χ0v) is 14.6. The maximum Gasteiger partial charge on any atom is 0.101 e. The highest BCUT2D eigenvalue weighted by atomic mass is 14.9. The van der Waals surface area contributed by atoms with E-state index in [-0.39, 0.29) is 0 Å². The molecular formula is C21H32N+. The van der Waals surface area contributed by atoms with Crippen molar-refractivity contribution in [2.45, 2.75) is 65.8 Å². The maximum absolute atomic E-state index is 2.60. The van der Waals surface area contributed by atoms with Crippen molar-refractivity contribution in [3.8, 4) is 0 Å². The fourth-order valence-electron chi connectivity index (χ4n) is 7.93. The number of nitrogens with two attached hydrogens (primary N) is 1. The second-order valence-corrected chi connectivity index (χ2v) is 10.2. The van der Waals surface area contributed by atoms with Gasteiger partial charge in [0.1, 0.15) is 6.54 Å². The van der Waals surface area contributed by atoms with Gasteiger partial charge in [0.15, 0.2) is 0 Å². The fraction of sp³-hybridized carbons (Fsp3) is 0.714. The Balaban J connectivity index is 1.49. The van der Waals surface area contributed by atoms with Crippen LogP contribution < -0.4 is 5.32 Å². The van der Waals surface area contributed by atoms with Gasteiger partial charge in [0.05, 0.1) is 6.54 Å².